The van der Waals surface area contributed by atoms with Gasteiger partial charge in [0.05, 0.1) is 37.8 Å². The Bertz CT molecular complexity index is 923. The molecule has 4 nitrogen and oxygen atoms in total. The average Bonchev–Trinajstić information content (AvgIpc) is 2.83. The number of likely N-dealkylation sites (N-methyl/N-ethyl adjacent to an activating group) is 1. The maximum absolute atomic E-state index is 5.07. The van der Waals surface area contributed by atoms with Crippen molar-refractivity contribution < 1.29 is 4.90 Å². The molecule has 0 spiro atoms. The van der Waals surface area contributed by atoms with Crippen molar-refractivity contribution in [2.45, 2.75) is 30.9 Å². The van der Waals surface area contributed by atoms with Crippen molar-refractivity contribution >= 4 is 39.1 Å². The van der Waals surface area contributed by atoms with Crippen LogP contribution in [0.4, 0.5) is 5.82 Å². The van der Waals surface area contributed by atoms with Crippen LogP contribution >= 0.6 is 23.1 Å². The molecule has 1 unspecified atom stereocenters. The van der Waals surface area contributed by atoms with E-state index in [0.717, 1.165) is 35.3 Å². The summed E-state index contributed by atoms with van der Waals surface area (Å²) in [5.74, 6) is 2.90. The van der Waals surface area contributed by atoms with Crippen LogP contribution in [-0.2, 0) is 5.75 Å². The van der Waals surface area contributed by atoms with E-state index in [1.54, 1.807) is 16.2 Å². The molecular weight excluding hydrogens is 372 g/mol. The molecule has 27 heavy (non-hydrogen) atoms. The summed E-state index contributed by atoms with van der Waals surface area (Å²) in [7, 11) is 2.29. The Morgan fingerprint density at radius 1 is 1.11 bits per heavy atom. The monoisotopic (exact) mass is 399 g/mol. The highest BCUT2D eigenvalue weighted by Gasteiger charge is 2.22. The Hall–Kier alpha value is -1.63. The minimum Gasteiger partial charge on any atom is -0.350 e. The van der Waals surface area contributed by atoms with Gasteiger partial charge in [-0.2, -0.15) is 0 Å². The van der Waals surface area contributed by atoms with Crippen molar-refractivity contribution in [1.82, 2.24) is 9.97 Å². The molecule has 1 atom stereocenters. The van der Waals surface area contributed by atoms with Crippen molar-refractivity contribution in [3.63, 3.8) is 0 Å². The average molecular weight is 400 g/mol. The summed E-state index contributed by atoms with van der Waals surface area (Å²) in [5.41, 5.74) is 1.34. The molecule has 0 bridgehead atoms. The Morgan fingerprint density at radius 3 is 2.74 bits per heavy atom. The fourth-order valence-electron chi connectivity index (χ4n) is 3.58. The number of hydrogen-bond donors (Lipinski definition) is 1. The van der Waals surface area contributed by atoms with E-state index >= 15 is 0 Å². The molecule has 0 aliphatic carbocycles. The van der Waals surface area contributed by atoms with Crippen molar-refractivity contribution in [2.24, 2.45) is 0 Å². The van der Waals surface area contributed by atoms with E-state index in [4.69, 9.17) is 9.97 Å². The molecule has 1 aliphatic rings. The van der Waals surface area contributed by atoms with Gasteiger partial charge >= 0.3 is 0 Å². The minimum atomic E-state index is 0.807. The maximum Gasteiger partial charge on any atom is 0.142 e. The van der Waals surface area contributed by atoms with E-state index in [1.165, 1.54) is 40.2 Å². The number of hydrogen-bond acceptors (Lipinski definition) is 5. The summed E-state index contributed by atoms with van der Waals surface area (Å²) in [4.78, 5) is 17.9. The number of rotatable bonds is 4. The van der Waals surface area contributed by atoms with Crippen LogP contribution in [0, 0.1) is 13.8 Å². The van der Waals surface area contributed by atoms with Crippen LogP contribution in [0.5, 0.6) is 0 Å². The van der Waals surface area contributed by atoms with Gasteiger partial charge in [0, 0.05) is 22.7 Å². The topological polar surface area (TPSA) is 33.5 Å². The van der Waals surface area contributed by atoms with Crippen molar-refractivity contribution in [2.75, 3.05) is 38.1 Å². The van der Waals surface area contributed by atoms with Gasteiger partial charge in [-0.25, -0.2) is 9.97 Å². The number of fused-ring (bicyclic) bond motifs is 1. The Morgan fingerprint density at radius 2 is 1.93 bits per heavy atom. The fourth-order valence-corrected chi connectivity index (χ4v) is 5.39. The van der Waals surface area contributed by atoms with Crippen LogP contribution in [0.25, 0.3) is 10.2 Å². The van der Waals surface area contributed by atoms with Gasteiger partial charge in [0.1, 0.15) is 16.5 Å². The Labute approximate surface area is 169 Å². The number of benzene rings is 1. The standard InChI is InChI=1S/C21H26N4S2/c1-15-16(2)27-21-19(15)20(25-11-7-10-24(3)12-13-25)22-18(23-21)14-26-17-8-5-4-6-9-17/h4-6,8-9H,7,10-14H2,1-3H3/p+1. The summed E-state index contributed by atoms with van der Waals surface area (Å²) in [5, 5.41) is 1.27. The van der Waals surface area contributed by atoms with Crippen LogP contribution in [0.1, 0.15) is 22.7 Å². The first-order chi connectivity index (χ1) is 13.1. The normalized spacial score (nSPS) is 18.0. The first-order valence-corrected chi connectivity index (χ1v) is 11.4. The van der Waals surface area contributed by atoms with E-state index < -0.39 is 0 Å². The second-order valence-corrected chi connectivity index (χ2v) is 9.58. The molecule has 0 amide bonds. The fraction of sp³-hybridized carbons (Fsp3) is 0.429. The molecule has 1 aliphatic heterocycles. The lowest BCUT2D eigenvalue weighted by molar-refractivity contribution is -0.876. The second kappa shape index (κ2) is 8.17. The zero-order valence-electron chi connectivity index (χ0n) is 16.3. The third-order valence-corrected chi connectivity index (χ3v) is 7.42. The third kappa shape index (κ3) is 4.13. The van der Waals surface area contributed by atoms with Crippen LogP contribution in [-0.4, -0.2) is 43.2 Å². The van der Waals surface area contributed by atoms with Gasteiger partial charge in [0.2, 0.25) is 0 Å². The van der Waals surface area contributed by atoms with Crippen LogP contribution in [0.2, 0.25) is 0 Å². The molecular formula is C21H27N4S2+. The van der Waals surface area contributed by atoms with E-state index in [2.05, 4.69) is 56.1 Å². The summed E-state index contributed by atoms with van der Waals surface area (Å²) in [6, 6.07) is 10.5. The minimum absolute atomic E-state index is 0.807. The van der Waals surface area contributed by atoms with Gasteiger partial charge in [-0.05, 0) is 31.5 Å². The van der Waals surface area contributed by atoms with Gasteiger partial charge < -0.3 is 9.80 Å². The van der Waals surface area contributed by atoms with Crippen molar-refractivity contribution in [3.05, 3.63) is 46.6 Å². The molecule has 3 heterocycles. The molecule has 3 aromatic rings. The first-order valence-electron chi connectivity index (χ1n) is 9.62. The highest BCUT2D eigenvalue weighted by atomic mass is 32.2. The first kappa shape index (κ1) is 18.7. The van der Waals surface area contributed by atoms with Gasteiger partial charge in [-0.3, -0.25) is 0 Å². The number of nitrogens with zero attached hydrogens (tertiary/aromatic N) is 3. The predicted octanol–water partition coefficient (Wildman–Crippen LogP) is 3.33. The van der Waals surface area contributed by atoms with Crippen molar-refractivity contribution in [3.8, 4) is 0 Å². The quantitative estimate of drug-likeness (QED) is 0.683. The number of nitrogens with one attached hydrogen (secondary N) is 1. The highest BCUT2D eigenvalue weighted by molar-refractivity contribution is 7.98. The van der Waals surface area contributed by atoms with Crippen LogP contribution < -0.4 is 9.80 Å². The van der Waals surface area contributed by atoms with Crippen LogP contribution in [0.3, 0.4) is 0 Å². The number of anilines is 1. The highest BCUT2D eigenvalue weighted by Crippen LogP contribution is 2.36. The van der Waals surface area contributed by atoms with Gasteiger partial charge in [-0.15, -0.1) is 23.1 Å². The SMILES string of the molecule is Cc1sc2nc(CSc3ccccc3)nc(N3CCC[NH+](C)CC3)c2c1C. The largest absolute Gasteiger partial charge is 0.350 e. The van der Waals surface area contributed by atoms with E-state index in [-0.39, 0.29) is 0 Å². The molecule has 4 rings (SSSR count). The smallest absolute Gasteiger partial charge is 0.142 e. The molecule has 0 radical (unpaired) electrons. The lowest BCUT2D eigenvalue weighted by atomic mass is 10.2. The Kier molecular flexibility index (Phi) is 5.66. The number of thiophene rings is 1. The third-order valence-electron chi connectivity index (χ3n) is 5.31. The number of aromatic nitrogens is 2. The van der Waals surface area contributed by atoms with Crippen LogP contribution in [0.15, 0.2) is 35.2 Å². The van der Waals surface area contributed by atoms with E-state index in [9.17, 15) is 0 Å². The molecule has 6 heteroatoms. The molecule has 1 N–H and O–H groups in total. The van der Waals surface area contributed by atoms with Gasteiger partial charge in [-0.1, -0.05) is 18.2 Å². The second-order valence-electron chi connectivity index (χ2n) is 7.33. The van der Waals surface area contributed by atoms with Gasteiger partial charge in [0.25, 0.3) is 0 Å². The number of thioether (sulfide) groups is 1. The van der Waals surface area contributed by atoms with E-state index in [1.807, 2.05) is 11.8 Å². The predicted molar refractivity (Wildman–Crippen MR) is 116 cm³/mol. The lowest BCUT2D eigenvalue weighted by Gasteiger charge is -2.22. The zero-order valence-corrected chi connectivity index (χ0v) is 17.9. The summed E-state index contributed by atoms with van der Waals surface area (Å²) >= 11 is 3.62. The molecule has 1 aromatic carbocycles. The summed E-state index contributed by atoms with van der Waals surface area (Å²) in [6.07, 6.45) is 1.22. The molecule has 1 saturated heterocycles. The van der Waals surface area contributed by atoms with Gasteiger partial charge in [0.15, 0.2) is 0 Å². The molecule has 2 aromatic heterocycles. The number of aryl methyl sites for hydroxylation is 2. The van der Waals surface area contributed by atoms with Crippen molar-refractivity contribution in [1.29, 1.82) is 0 Å². The molecule has 1 fully saturated rings. The van der Waals surface area contributed by atoms with E-state index in [0.29, 0.717) is 0 Å². The zero-order chi connectivity index (χ0) is 18.8. The number of quaternary nitrogens is 1. The maximum atomic E-state index is 5.07. The molecule has 142 valence electrons. The Balaban J connectivity index is 1.69. The summed E-state index contributed by atoms with van der Waals surface area (Å²) < 4.78 is 0. The lowest BCUT2D eigenvalue weighted by Crippen LogP contribution is -3.09. The molecule has 0 saturated carbocycles. The summed E-state index contributed by atoms with van der Waals surface area (Å²) in [6.45, 7) is 8.98.